The first-order valence-electron chi connectivity index (χ1n) is 14.2. The van der Waals surface area contributed by atoms with Crippen LogP contribution in [0.25, 0.3) is 0 Å². The van der Waals surface area contributed by atoms with Crippen molar-refractivity contribution in [3.63, 3.8) is 0 Å². The fraction of sp³-hybridized carbons (Fsp3) is 0.375. The predicted molar refractivity (Wildman–Crippen MR) is 170 cm³/mol. The van der Waals surface area contributed by atoms with E-state index in [1.807, 2.05) is 13.8 Å². The van der Waals surface area contributed by atoms with Gasteiger partial charge < -0.3 is 15.0 Å². The molecule has 3 aromatic carbocycles. The number of carbonyl (C=O) groups excluding carboxylic acids is 2. The molecule has 1 saturated carbocycles. The van der Waals surface area contributed by atoms with E-state index in [1.54, 1.807) is 55.5 Å². The van der Waals surface area contributed by atoms with Gasteiger partial charge in [0, 0.05) is 28.2 Å². The summed E-state index contributed by atoms with van der Waals surface area (Å²) in [6.07, 6.45) is 3.81. The molecule has 1 aliphatic carbocycles. The van der Waals surface area contributed by atoms with Crippen molar-refractivity contribution < 1.29 is 22.7 Å². The third kappa shape index (κ3) is 7.63. The van der Waals surface area contributed by atoms with E-state index in [2.05, 4.69) is 5.32 Å². The van der Waals surface area contributed by atoms with E-state index in [0.717, 1.165) is 41.1 Å². The zero-order chi connectivity index (χ0) is 31.3. The summed E-state index contributed by atoms with van der Waals surface area (Å²) in [4.78, 5) is 29.0. The third-order valence-electron chi connectivity index (χ3n) is 7.75. The maximum Gasteiger partial charge on any atom is 0.264 e. The van der Waals surface area contributed by atoms with Crippen LogP contribution in [0.3, 0.4) is 0 Å². The molecule has 0 bridgehead atoms. The third-order valence-corrected chi connectivity index (χ3v) is 10.2. The van der Waals surface area contributed by atoms with Crippen LogP contribution in [0.4, 0.5) is 5.69 Å². The Morgan fingerprint density at radius 1 is 0.977 bits per heavy atom. The van der Waals surface area contributed by atoms with Gasteiger partial charge in [-0.15, -0.1) is 0 Å². The second-order valence-electron chi connectivity index (χ2n) is 10.9. The number of carbonyl (C=O) groups is 2. The van der Waals surface area contributed by atoms with Crippen molar-refractivity contribution in [2.45, 2.75) is 70.0 Å². The zero-order valence-electron chi connectivity index (χ0n) is 24.8. The van der Waals surface area contributed by atoms with Crippen molar-refractivity contribution in [1.82, 2.24) is 10.2 Å². The lowest BCUT2D eigenvalue weighted by Crippen LogP contribution is -2.52. The van der Waals surface area contributed by atoms with Crippen LogP contribution in [-0.4, -0.2) is 50.9 Å². The second kappa shape index (κ2) is 14.0. The van der Waals surface area contributed by atoms with Gasteiger partial charge in [0.15, 0.2) is 0 Å². The minimum Gasteiger partial charge on any atom is -0.495 e. The number of benzene rings is 3. The summed E-state index contributed by atoms with van der Waals surface area (Å²) < 4.78 is 34.9. The predicted octanol–water partition coefficient (Wildman–Crippen LogP) is 6.29. The normalized spacial score (nSPS) is 14.3. The number of anilines is 1. The number of aryl methyl sites for hydroxylation is 2. The Hall–Kier alpha value is -3.27. The van der Waals surface area contributed by atoms with Crippen LogP contribution in [0.1, 0.15) is 49.3 Å². The molecular formula is C32H37Cl2N3O5S. The molecule has 230 valence electrons. The van der Waals surface area contributed by atoms with Gasteiger partial charge in [-0.3, -0.25) is 13.9 Å². The average Bonchev–Trinajstić information content (AvgIpc) is 3.48. The lowest BCUT2D eigenvalue weighted by atomic mass is 10.1. The van der Waals surface area contributed by atoms with Crippen molar-refractivity contribution in [1.29, 1.82) is 0 Å². The Bertz CT molecular complexity index is 1550. The minimum absolute atomic E-state index is 0.0159. The Balaban J connectivity index is 1.77. The molecule has 0 heterocycles. The van der Waals surface area contributed by atoms with Crippen LogP contribution in [0, 0.1) is 13.8 Å². The first-order valence-corrected chi connectivity index (χ1v) is 16.4. The van der Waals surface area contributed by atoms with Crippen LogP contribution in [-0.2, 0) is 26.2 Å². The molecule has 0 unspecified atom stereocenters. The zero-order valence-corrected chi connectivity index (χ0v) is 27.1. The van der Waals surface area contributed by atoms with Gasteiger partial charge >= 0.3 is 0 Å². The van der Waals surface area contributed by atoms with Crippen molar-refractivity contribution in [3.05, 3.63) is 87.4 Å². The molecule has 1 fully saturated rings. The Labute approximate surface area is 264 Å². The summed E-state index contributed by atoms with van der Waals surface area (Å²) in [5, 5.41) is 3.71. The molecule has 43 heavy (non-hydrogen) atoms. The molecule has 1 aliphatic rings. The second-order valence-corrected chi connectivity index (χ2v) is 13.6. The number of nitrogens with one attached hydrogen (secondary N) is 1. The Morgan fingerprint density at radius 3 is 2.19 bits per heavy atom. The van der Waals surface area contributed by atoms with E-state index < -0.39 is 28.5 Å². The van der Waals surface area contributed by atoms with Gasteiger partial charge in [0.1, 0.15) is 18.3 Å². The van der Waals surface area contributed by atoms with E-state index in [0.29, 0.717) is 15.6 Å². The number of hydrogen-bond donors (Lipinski definition) is 1. The molecule has 1 N–H and O–H groups in total. The molecule has 8 nitrogen and oxygen atoms in total. The van der Waals surface area contributed by atoms with Gasteiger partial charge in [0.2, 0.25) is 11.8 Å². The molecular weight excluding hydrogens is 609 g/mol. The number of sulfonamides is 1. The van der Waals surface area contributed by atoms with Gasteiger partial charge in [-0.1, -0.05) is 65.9 Å². The summed E-state index contributed by atoms with van der Waals surface area (Å²) in [5.74, 6) is -0.657. The highest BCUT2D eigenvalue weighted by atomic mass is 35.5. The number of hydrogen-bond acceptors (Lipinski definition) is 5. The molecule has 1 atom stereocenters. The van der Waals surface area contributed by atoms with Crippen LogP contribution < -0.4 is 14.4 Å². The van der Waals surface area contributed by atoms with Gasteiger partial charge in [-0.05, 0) is 75.6 Å². The largest absolute Gasteiger partial charge is 0.495 e. The molecule has 3 aromatic rings. The highest BCUT2D eigenvalue weighted by Gasteiger charge is 2.35. The van der Waals surface area contributed by atoms with E-state index in [9.17, 15) is 18.0 Å². The van der Waals surface area contributed by atoms with Crippen molar-refractivity contribution in [2.75, 3.05) is 18.0 Å². The molecule has 4 rings (SSSR count). The summed E-state index contributed by atoms with van der Waals surface area (Å²) in [7, 11) is -2.81. The topological polar surface area (TPSA) is 96.0 Å². The molecule has 0 radical (unpaired) electrons. The van der Waals surface area contributed by atoms with E-state index in [1.165, 1.54) is 24.1 Å². The average molecular weight is 647 g/mol. The van der Waals surface area contributed by atoms with Crippen LogP contribution in [0.15, 0.2) is 65.6 Å². The van der Waals surface area contributed by atoms with Crippen LogP contribution in [0.5, 0.6) is 5.75 Å². The van der Waals surface area contributed by atoms with Gasteiger partial charge in [-0.25, -0.2) is 8.42 Å². The van der Waals surface area contributed by atoms with Gasteiger partial charge in [-0.2, -0.15) is 0 Å². The summed E-state index contributed by atoms with van der Waals surface area (Å²) >= 11 is 13.0. The standard InChI is InChI=1S/C32H37Cl2N3O5S/c1-21-12-15-25(16-13-21)43(40,41)37(29-18-22(2)14-17-30(29)42-4)20-31(38)36(19-26-27(33)10-7-11-28(26)34)23(3)32(39)35-24-8-5-6-9-24/h7,10-18,23-24H,5-6,8-9,19-20H2,1-4H3,(H,35,39)/t23-/m1/s1. The number of rotatable bonds is 11. The summed E-state index contributed by atoms with van der Waals surface area (Å²) in [5.41, 5.74) is 2.33. The highest BCUT2D eigenvalue weighted by molar-refractivity contribution is 7.92. The first kappa shape index (κ1) is 32.6. The number of ether oxygens (including phenoxy) is 1. The minimum atomic E-state index is -4.25. The van der Waals surface area contributed by atoms with Crippen molar-refractivity contribution in [2.24, 2.45) is 0 Å². The molecule has 2 amide bonds. The fourth-order valence-electron chi connectivity index (χ4n) is 5.17. The number of amides is 2. The lowest BCUT2D eigenvalue weighted by molar-refractivity contribution is -0.139. The van der Waals surface area contributed by atoms with E-state index in [-0.39, 0.29) is 34.8 Å². The maximum atomic E-state index is 14.3. The van der Waals surface area contributed by atoms with Gasteiger partial charge in [0.05, 0.1) is 17.7 Å². The summed E-state index contributed by atoms with van der Waals surface area (Å²) in [6.45, 7) is 4.61. The van der Waals surface area contributed by atoms with Crippen LogP contribution in [0.2, 0.25) is 10.0 Å². The monoisotopic (exact) mass is 645 g/mol. The van der Waals surface area contributed by atoms with Crippen LogP contribution >= 0.6 is 23.2 Å². The summed E-state index contributed by atoms with van der Waals surface area (Å²) in [6, 6.07) is 15.6. The number of nitrogens with zero attached hydrogens (tertiary/aromatic N) is 2. The maximum absolute atomic E-state index is 14.3. The Morgan fingerprint density at radius 2 is 1.58 bits per heavy atom. The van der Waals surface area contributed by atoms with E-state index in [4.69, 9.17) is 27.9 Å². The molecule has 0 aliphatic heterocycles. The lowest BCUT2D eigenvalue weighted by Gasteiger charge is -2.33. The molecule has 11 heteroatoms. The quantitative estimate of drug-likeness (QED) is 0.264. The first-order chi connectivity index (χ1) is 20.4. The number of halogens is 2. The molecule has 0 saturated heterocycles. The SMILES string of the molecule is COc1ccc(C)cc1N(CC(=O)N(Cc1c(Cl)cccc1Cl)[C@H](C)C(=O)NC1CCCC1)S(=O)(=O)c1ccc(C)cc1. The fourth-order valence-corrected chi connectivity index (χ4v) is 7.11. The molecule has 0 spiro atoms. The van der Waals surface area contributed by atoms with Crippen molar-refractivity contribution in [3.8, 4) is 5.75 Å². The highest BCUT2D eigenvalue weighted by Crippen LogP contribution is 2.34. The van der Waals surface area contributed by atoms with E-state index >= 15 is 0 Å². The molecule has 0 aromatic heterocycles. The Kier molecular flexibility index (Phi) is 10.6. The smallest absolute Gasteiger partial charge is 0.264 e. The van der Waals surface area contributed by atoms with Gasteiger partial charge in [0.25, 0.3) is 10.0 Å². The van der Waals surface area contributed by atoms with Crippen molar-refractivity contribution >= 4 is 50.7 Å². The number of methoxy groups -OCH3 is 1.